The van der Waals surface area contributed by atoms with E-state index >= 15 is 0 Å². The van der Waals surface area contributed by atoms with Crippen LogP contribution in [0.3, 0.4) is 0 Å². The zero-order valence-electron chi connectivity index (χ0n) is 22.6. The normalized spacial score (nSPS) is 20.6. The number of benzene rings is 2. The number of rotatable bonds is 5. The Labute approximate surface area is 234 Å². The van der Waals surface area contributed by atoms with Gasteiger partial charge in [-0.25, -0.2) is 22.4 Å². The van der Waals surface area contributed by atoms with Gasteiger partial charge < -0.3 is 10.6 Å². The molecule has 0 spiro atoms. The number of fused-ring (bicyclic) bond motifs is 5. The minimum atomic E-state index is -3.71. The van der Waals surface area contributed by atoms with Gasteiger partial charge in [0, 0.05) is 43.5 Å². The van der Waals surface area contributed by atoms with Crippen LogP contribution in [0.5, 0.6) is 0 Å². The fraction of sp³-hybridized carbons (Fsp3) is 0.345. The minimum Gasteiger partial charge on any atom is -0.358 e. The quantitative estimate of drug-likeness (QED) is 0.384. The number of anilines is 1. The Balaban J connectivity index is 1.27. The van der Waals surface area contributed by atoms with Crippen molar-refractivity contribution in [2.45, 2.75) is 44.0 Å². The first-order valence-electron chi connectivity index (χ1n) is 13.6. The summed E-state index contributed by atoms with van der Waals surface area (Å²) >= 11 is 0. The molecule has 2 aromatic heterocycles. The molecule has 0 aliphatic carbocycles. The molecule has 4 aromatic rings. The second kappa shape index (κ2) is 10.6. The molecule has 1 amide bonds. The van der Waals surface area contributed by atoms with Crippen molar-refractivity contribution in [2.75, 3.05) is 25.0 Å². The molecule has 2 aliphatic heterocycles. The number of hydrogen-bond donors (Lipinski definition) is 2. The highest BCUT2D eigenvalue weighted by Gasteiger charge is 2.34. The number of nitrogens with zero attached hydrogens (tertiary/aromatic N) is 5. The lowest BCUT2D eigenvalue weighted by Gasteiger charge is -2.42. The van der Waals surface area contributed by atoms with Crippen molar-refractivity contribution < 1.29 is 13.2 Å². The third kappa shape index (κ3) is 5.07. The average molecular weight is 560 g/mol. The fourth-order valence-electron chi connectivity index (χ4n) is 5.46. The number of hydrogen-bond acceptors (Lipinski definition) is 8. The van der Waals surface area contributed by atoms with Gasteiger partial charge in [0.25, 0.3) is 10.0 Å². The van der Waals surface area contributed by atoms with Crippen LogP contribution in [0.25, 0.3) is 10.9 Å². The van der Waals surface area contributed by atoms with Crippen molar-refractivity contribution in [3.8, 4) is 0 Å². The number of carbonyl (C=O) groups excluding carboxylic acids is 1. The summed E-state index contributed by atoms with van der Waals surface area (Å²) in [5, 5.41) is 7.55. The van der Waals surface area contributed by atoms with Gasteiger partial charge in [-0.1, -0.05) is 44.2 Å². The van der Waals surface area contributed by atoms with Gasteiger partial charge in [0.1, 0.15) is 17.7 Å². The zero-order chi connectivity index (χ0) is 27.9. The predicted molar refractivity (Wildman–Crippen MR) is 153 cm³/mol. The summed E-state index contributed by atoms with van der Waals surface area (Å²) in [6.45, 7) is 6.86. The molecule has 2 aromatic carbocycles. The van der Waals surface area contributed by atoms with Gasteiger partial charge in [-0.2, -0.15) is 0 Å². The van der Waals surface area contributed by atoms with Crippen LogP contribution in [0, 0.1) is 5.92 Å². The Bertz CT molecular complexity index is 1640. The van der Waals surface area contributed by atoms with Crippen LogP contribution in [0.15, 0.2) is 77.8 Å². The fourth-order valence-corrected chi connectivity index (χ4v) is 6.85. The van der Waals surface area contributed by atoms with Crippen molar-refractivity contribution in [1.82, 2.24) is 29.1 Å². The molecule has 0 saturated carbocycles. The lowest BCUT2D eigenvalue weighted by molar-refractivity contribution is -0.125. The first-order valence-corrected chi connectivity index (χ1v) is 15.0. The third-order valence-electron chi connectivity index (χ3n) is 7.60. The van der Waals surface area contributed by atoms with Crippen LogP contribution in [0.4, 0.5) is 5.82 Å². The molecule has 2 N–H and O–H groups in total. The van der Waals surface area contributed by atoms with Crippen molar-refractivity contribution >= 4 is 32.7 Å². The minimum absolute atomic E-state index is 0.0243. The molecule has 0 radical (unpaired) electrons. The summed E-state index contributed by atoms with van der Waals surface area (Å²) in [5.41, 5.74) is 1.52. The molecule has 11 heteroatoms. The van der Waals surface area contributed by atoms with E-state index in [0.29, 0.717) is 50.1 Å². The molecule has 2 aliphatic rings. The van der Waals surface area contributed by atoms with E-state index in [1.54, 1.807) is 42.6 Å². The van der Waals surface area contributed by atoms with Crippen molar-refractivity contribution in [3.05, 3.63) is 84.4 Å². The van der Waals surface area contributed by atoms with E-state index < -0.39 is 16.1 Å². The largest absolute Gasteiger partial charge is 0.358 e. The van der Waals surface area contributed by atoms with Crippen molar-refractivity contribution in [3.63, 3.8) is 0 Å². The highest BCUT2D eigenvalue weighted by molar-refractivity contribution is 7.90. The predicted octanol–water partition coefficient (Wildman–Crippen LogP) is 2.88. The molecule has 1 saturated heterocycles. The van der Waals surface area contributed by atoms with Gasteiger partial charge in [-0.15, -0.1) is 0 Å². The Morgan fingerprint density at radius 3 is 2.52 bits per heavy atom. The average Bonchev–Trinajstić information content (AvgIpc) is 3.42. The van der Waals surface area contributed by atoms with Crippen LogP contribution in [-0.2, 0) is 27.9 Å². The van der Waals surface area contributed by atoms with Crippen LogP contribution in [-0.4, -0.2) is 69.9 Å². The Morgan fingerprint density at radius 2 is 1.73 bits per heavy atom. The molecule has 2 bridgehead atoms. The summed E-state index contributed by atoms with van der Waals surface area (Å²) in [6.07, 6.45) is 1.31. The SMILES string of the molecule is CC(C)[C@@H]1Nc2nc(nc3ccccc23)CN2CCN(Cc3cccn3S(=O)(=O)c3ccccc3)CC2NC1=O. The Hall–Kier alpha value is -3.80. The molecule has 40 heavy (non-hydrogen) atoms. The van der Waals surface area contributed by atoms with E-state index in [9.17, 15) is 13.2 Å². The number of aromatic nitrogens is 3. The third-order valence-corrected chi connectivity index (χ3v) is 9.34. The van der Waals surface area contributed by atoms with Crippen molar-refractivity contribution in [1.29, 1.82) is 0 Å². The maximum atomic E-state index is 13.6. The van der Waals surface area contributed by atoms with Crippen molar-refractivity contribution in [2.24, 2.45) is 5.92 Å². The maximum absolute atomic E-state index is 13.6. The Morgan fingerprint density at radius 1 is 0.950 bits per heavy atom. The lowest BCUT2D eigenvalue weighted by atomic mass is 10.0. The molecule has 6 rings (SSSR count). The smallest absolute Gasteiger partial charge is 0.267 e. The second-order valence-corrected chi connectivity index (χ2v) is 12.5. The summed E-state index contributed by atoms with van der Waals surface area (Å²) < 4.78 is 28.0. The summed E-state index contributed by atoms with van der Waals surface area (Å²) in [7, 11) is -3.71. The van der Waals surface area contributed by atoms with E-state index in [1.807, 2.05) is 44.2 Å². The van der Waals surface area contributed by atoms with E-state index in [4.69, 9.17) is 9.97 Å². The highest BCUT2D eigenvalue weighted by Crippen LogP contribution is 2.25. The first kappa shape index (κ1) is 26.4. The number of carbonyl (C=O) groups is 1. The molecular weight excluding hydrogens is 526 g/mol. The summed E-state index contributed by atoms with van der Waals surface area (Å²) in [6, 6.07) is 19.4. The molecule has 4 heterocycles. The second-order valence-electron chi connectivity index (χ2n) is 10.7. The first-order chi connectivity index (χ1) is 19.3. The molecule has 10 nitrogen and oxygen atoms in total. The van der Waals surface area contributed by atoms with E-state index in [-0.39, 0.29) is 22.9 Å². The lowest BCUT2D eigenvalue weighted by Crippen LogP contribution is -2.62. The molecule has 1 fully saturated rings. The monoisotopic (exact) mass is 559 g/mol. The van der Waals surface area contributed by atoms with Gasteiger partial charge in [0.05, 0.1) is 23.1 Å². The van der Waals surface area contributed by atoms with Gasteiger partial charge in [-0.3, -0.25) is 14.6 Å². The van der Waals surface area contributed by atoms with Crippen LogP contribution in [0.1, 0.15) is 25.4 Å². The van der Waals surface area contributed by atoms with Crippen LogP contribution in [0.2, 0.25) is 0 Å². The van der Waals surface area contributed by atoms with Gasteiger partial charge in [0.15, 0.2) is 0 Å². The zero-order valence-corrected chi connectivity index (χ0v) is 23.4. The molecular formula is C29H33N7O3S. The number of para-hydroxylation sites is 1. The standard InChI is InChI=1S/C29H33N7O3S/c1-20(2)27-29(37)32-26-19-34(17-21-9-8-14-36(21)40(38,39)22-10-4-3-5-11-22)15-16-35(26)18-25-30-24-13-7-6-12-23(24)28(31-25)33-27/h3-14,20,26-27H,15-19H2,1-2H3,(H,32,37)(H,30,31,33)/t26?,27-/m0/s1. The van der Waals surface area contributed by atoms with Crippen LogP contribution >= 0.6 is 0 Å². The van der Waals surface area contributed by atoms with Crippen LogP contribution < -0.4 is 10.6 Å². The van der Waals surface area contributed by atoms with Gasteiger partial charge >= 0.3 is 0 Å². The summed E-state index contributed by atoms with van der Waals surface area (Å²) in [4.78, 5) is 27.9. The summed E-state index contributed by atoms with van der Waals surface area (Å²) in [5.74, 6) is 1.30. The van der Waals surface area contributed by atoms with E-state index in [0.717, 1.165) is 10.9 Å². The van der Waals surface area contributed by atoms with Gasteiger partial charge in [-0.05, 0) is 42.3 Å². The molecule has 2 atom stereocenters. The molecule has 208 valence electrons. The molecule has 1 unspecified atom stereocenters. The maximum Gasteiger partial charge on any atom is 0.267 e. The van der Waals surface area contributed by atoms with Gasteiger partial charge in [0.2, 0.25) is 5.91 Å². The highest BCUT2D eigenvalue weighted by atomic mass is 32.2. The Kier molecular flexibility index (Phi) is 7.03. The van der Waals surface area contributed by atoms with E-state index in [1.165, 1.54) is 3.97 Å². The number of nitrogens with one attached hydrogen (secondary N) is 2. The number of piperazine rings is 1. The topological polar surface area (TPSA) is 112 Å². The van der Waals surface area contributed by atoms with E-state index in [2.05, 4.69) is 20.4 Å². The number of amides is 1.